The summed E-state index contributed by atoms with van der Waals surface area (Å²) in [4.78, 5) is 41.3. The van der Waals surface area contributed by atoms with Crippen molar-refractivity contribution < 1.29 is 22.8 Å². The first-order valence-corrected chi connectivity index (χ1v) is 11.7. The number of fused-ring (bicyclic) bond motifs is 1. The molecule has 0 bridgehead atoms. The van der Waals surface area contributed by atoms with E-state index >= 15 is 0 Å². The Kier molecular flexibility index (Phi) is 7.53. The van der Waals surface area contributed by atoms with Crippen LogP contribution in [0.5, 0.6) is 0 Å². The Morgan fingerprint density at radius 2 is 1.86 bits per heavy atom. The minimum absolute atomic E-state index is 0.0325. The number of nitrogens with one attached hydrogen (secondary N) is 1. The second-order valence-corrected chi connectivity index (χ2v) is 8.81. The number of carbonyl (C=O) groups is 1. The topological polar surface area (TPSA) is 88.8 Å². The third kappa shape index (κ3) is 5.93. The standard InChI is InChI=1S/C25H23ClF3N5O3/c1-15(16-3-5-17(6-4-16)25(27,28)29)31-24-32-21-11-12-33(14-20(21)23(36)34(24)37-2)22(35)13-30-19-9-7-18(26)8-10-19/h3-10,13,15H,11-12,14H2,1-2H3,(H,31,32). The number of rotatable bonds is 6. The van der Waals surface area contributed by atoms with Crippen molar-refractivity contribution in [3.63, 3.8) is 0 Å². The first-order valence-electron chi connectivity index (χ1n) is 11.3. The van der Waals surface area contributed by atoms with Gasteiger partial charge in [-0.1, -0.05) is 23.7 Å². The van der Waals surface area contributed by atoms with E-state index in [2.05, 4.69) is 15.3 Å². The van der Waals surface area contributed by atoms with Gasteiger partial charge in [0.15, 0.2) is 0 Å². The van der Waals surface area contributed by atoms with Crippen LogP contribution in [0.1, 0.15) is 35.3 Å². The quantitative estimate of drug-likeness (QED) is 0.473. The van der Waals surface area contributed by atoms with Crippen molar-refractivity contribution in [1.29, 1.82) is 0 Å². The zero-order valence-corrected chi connectivity index (χ0v) is 20.7. The third-order valence-corrected chi connectivity index (χ3v) is 6.17. The van der Waals surface area contributed by atoms with Gasteiger partial charge in [0, 0.05) is 18.0 Å². The molecule has 2 aromatic carbocycles. The second kappa shape index (κ2) is 10.6. The van der Waals surface area contributed by atoms with Crippen molar-refractivity contribution in [2.75, 3.05) is 19.0 Å². The minimum atomic E-state index is -4.43. The molecule has 1 unspecified atom stereocenters. The molecular formula is C25H23ClF3N5O3. The first kappa shape index (κ1) is 26.2. The summed E-state index contributed by atoms with van der Waals surface area (Å²) < 4.78 is 39.6. The SMILES string of the molecule is COn1c(NC(C)c2ccc(C(F)(F)F)cc2)nc2c(c1=O)CN(C(=O)C=Nc1ccc(Cl)cc1)CC2. The van der Waals surface area contributed by atoms with Crippen LogP contribution in [0.3, 0.4) is 0 Å². The number of hydrogen-bond acceptors (Lipinski definition) is 6. The zero-order chi connectivity index (χ0) is 26.7. The average molecular weight is 534 g/mol. The van der Waals surface area contributed by atoms with E-state index in [9.17, 15) is 22.8 Å². The zero-order valence-electron chi connectivity index (χ0n) is 19.9. The molecule has 8 nitrogen and oxygen atoms in total. The number of aliphatic imine (C=N–C) groups is 1. The van der Waals surface area contributed by atoms with Crippen LogP contribution in [0.4, 0.5) is 24.8 Å². The Hall–Kier alpha value is -3.86. The lowest BCUT2D eigenvalue weighted by atomic mass is 10.1. The van der Waals surface area contributed by atoms with Gasteiger partial charge in [-0.05, 0) is 48.9 Å². The maximum Gasteiger partial charge on any atom is 0.416 e. The molecule has 3 aromatic rings. The molecule has 4 rings (SSSR count). The number of hydrogen-bond donors (Lipinski definition) is 1. The number of alkyl halides is 3. The van der Waals surface area contributed by atoms with E-state index in [1.54, 1.807) is 31.2 Å². The number of amides is 1. The Labute approximate surface area is 215 Å². The molecule has 1 atom stereocenters. The fourth-order valence-corrected chi connectivity index (χ4v) is 4.01. The number of carbonyl (C=O) groups excluding carboxylic acids is 1. The molecule has 0 spiro atoms. The van der Waals surface area contributed by atoms with E-state index in [4.69, 9.17) is 16.4 Å². The van der Waals surface area contributed by atoms with Gasteiger partial charge < -0.3 is 15.1 Å². The highest BCUT2D eigenvalue weighted by molar-refractivity contribution is 6.30. The van der Waals surface area contributed by atoms with Gasteiger partial charge in [0.25, 0.3) is 11.5 Å². The van der Waals surface area contributed by atoms with Gasteiger partial charge >= 0.3 is 6.18 Å². The van der Waals surface area contributed by atoms with Crippen LogP contribution in [0.2, 0.25) is 5.02 Å². The predicted molar refractivity (Wildman–Crippen MR) is 133 cm³/mol. The van der Waals surface area contributed by atoms with E-state index in [1.807, 2.05) is 0 Å². The summed E-state index contributed by atoms with van der Waals surface area (Å²) in [5.74, 6) is -0.246. The molecule has 0 radical (unpaired) electrons. The van der Waals surface area contributed by atoms with Crippen LogP contribution in [0.15, 0.2) is 58.3 Å². The summed E-state index contributed by atoms with van der Waals surface area (Å²) in [6.07, 6.45) is -2.90. The maximum atomic E-state index is 13.2. The lowest BCUT2D eigenvalue weighted by Crippen LogP contribution is -2.43. The smallest absolute Gasteiger partial charge is 0.411 e. The van der Waals surface area contributed by atoms with Gasteiger partial charge in [0.2, 0.25) is 5.95 Å². The van der Waals surface area contributed by atoms with Crippen molar-refractivity contribution in [1.82, 2.24) is 14.6 Å². The maximum absolute atomic E-state index is 13.2. The van der Waals surface area contributed by atoms with Crippen LogP contribution < -0.4 is 15.7 Å². The highest BCUT2D eigenvalue weighted by atomic mass is 35.5. The number of anilines is 1. The van der Waals surface area contributed by atoms with Crippen LogP contribution in [-0.4, -0.2) is 40.4 Å². The van der Waals surface area contributed by atoms with E-state index in [1.165, 1.54) is 30.4 Å². The largest absolute Gasteiger partial charge is 0.416 e. The molecule has 0 fully saturated rings. The molecule has 1 aromatic heterocycles. The number of nitrogens with zero attached hydrogens (tertiary/aromatic N) is 4. The second-order valence-electron chi connectivity index (χ2n) is 8.37. The summed E-state index contributed by atoms with van der Waals surface area (Å²) in [7, 11) is 1.30. The monoisotopic (exact) mass is 533 g/mol. The van der Waals surface area contributed by atoms with Crippen molar-refractivity contribution in [3.05, 3.63) is 86.3 Å². The van der Waals surface area contributed by atoms with Crippen molar-refractivity contribution in [2.24, 2.45) is 4.99 Å². The van der Waals surface area contributed by atoms with E-state index in [0.717, 1.165) is 16.9 Å². The predicted octanol–water partition coefficient (Wildman–Crippen LogP) is 4.43. The molecule has 0 saturated heterocycles. The Morgan fingerprint density at radius 1 is 1.19 bits per heavy atom. The van der Waals surface area contributed by atoms with Gasteiger partial charge in [-0.2, -0.15) is 13.2 Å². The number of aromatic nitrogens is 2. The van der Waals surface area contributed by atoms with Crippen molar-refractivity contribution in [3.8, 4) is 0 Å². The molecule has 1 N–H and O–H groups in total. The first-order chi connectivity index (χ1) is 17.6. The van der Waals surface area contributed by atoms with Gasteiger partial charge in [0.05, 0.1) is 41.3 Å². The Balaban J connectivity index is 1.51. The molecule has 0 saturated carbocycles. The molecule has 1 aliphatic rings. The van der Waals surface area contributed by atoms with Gasteiger partial charge in [-0.15, -0.1) is 4.73 Å². The molecule has 194 valence electrons. The summed E-state index contributed by atoms with van der Waals surface area (Å²) in [6.45, 7) is 2.09. The van der Waals surface area contributed by atoms with Gasteiger partial charge in [0.1, 0.15) is 7.11 Å². The van der Waals surface area contributed by atoms with Crippen LogP contribution in [0.25, 0.3) is 0 Å². The molecule has 1 amide bonds. The molecular weight excluding hydrogens is 511 g/mol. The fourth-order valence-electron chi connectivity index (χ4n) is 3.88. The van der Waals surface area contributed by atoms with Crippen LogP contribution in [-0.2, 0) is 23.9 Å². The van der Waals surface area contributed by atoms with Crippen LogP contribution in [0, 0.1) is 0 Å². The summed E-state index contributed by atoms with van der Waals surface area (Å²) in [5, 5.41) is 3.60. The highest BCUT2D eigenvalue weighted by Gasteiger charge is 2.30. The summed E-state index contributed by atoms with van der Waals surface area (Å²) >= 11 is 5.86. The third-order valence-electron chi connectivity index (χ3n) is 5.92. The van der Waals surface area contributed by atoms with Crippen molar-refractivity contribution >= 4 is 35.4 Å². The van der Waals surface area contributed by atoms with E-state index in [0.29, 0.717) is 40.5 Å². The van der Waals surface area contributed by atoms with Crippen LogP contribution >= 0.6 is 11.6 Å². The minimum Gasteiger partial charge on any atom is -0.411 e. The van der Waals surface area contributed by atoms with E-state index < -0.39 is 23.3 Å². The van der Waals surface area contributed by atoms with E-state index in [-0.39, 0.29) is 18.4 Å². The highest BCUT2D eigenvalue weighted by Crippen LogP contribution is 2.30. The molecule has 0 aliphatic carbocycles. The Bertz CT molecular complexity index is 1370. The molecule has 1 aliphatic heterocycles. The fraction of sp³-hybridized carbons (Fsp3) is 0.280. The average Bonchev–Trinajstić information content (AvgIpc) is 2.88. The molecule has 37 heavy (non-hydrogen) atoms. The lowest BCUT2D eigenvalue weighted by Gasteiger charge is -2.28. The van der Waals surface area contributed by atoms with Crippen molar-refractivity contribution in [2.45, 2.75) is 32.1 Å². The summed E-state index contributed by atoms with van der Waals surface area (Å²) in [6, 6.07) is 10.9. The number of benzene rings is 2. The Morgan fingerprint density at radius 3 is 2.49 bits per heavy atom. The normalized spacial score (nSPS) is 14.4. The molecule has 2 heterocycles. The lowest BCUT2D eigenvalue weighted by molar-refractivity contribution is -0.137. The van der Waals surface area contributed by atoms with Gasteiger partial charge in [-0.25, -0.2) is 4.98 Å². The number of halogens is 4. The van der Waals surface area contributed by atoms with Gasteiger partial charge in [-0.3, -0.25) is 14.6 Å². The molecule has 12 heteroatoms. The summed E-state index contributed by atoms with van der Waals surface area (Å²) in [5.41, 5.74) is 0.729.